The van der Waals surface area contributed by atoms with Gasteiger partial charge in [0.05, 0.1) is 6.26 Å². The van der Waals surface area contributed by atoms with Crippen LogP contribution in [0.2, 0.25) is 0 Å². The van der Waals surface area contributed by atoms with E-state index in [-0.39, 0.29) is 11.1 Å². The Labute approximate surface area is 134 Å². The van der Waals surface area contributed by atoms with Gasteiger partial charge in [-0.1, -0.05) is 32.9 Å². The van der Waals surface area contributed by atoms with Crippen LogP contribution in [0.25, 0.3) is 6.08 Å². The SMILES string of the molecule is CC(C)(C)c1ccc(C(=O)N/C(=C/c2ccco2)C(=O)O)cc1. The molecule has 5 heteroatoms. The van der Waals surface area contributed by atoms with Crippen molar-refractivity contribution in [3.63, 3.8) is 0 Å². The van der Waals surface area contributed by atoms with E-state index >= 15 is 0 Å². The van der Waals surface area contributed by atoms with Crippen molar-refractivity contribution in [3.8, 4) is 0 Å². The summed E-state index contributed by atoms with van der Waals surface area (Å²) in [4.78, 5) is 23.5. The number of rotatable bonds is 4. The number of carbonyl (C=O) groups excluding carboxylic acids is 1. The summed E-state index contributed by atoms with van der Waals surface area (Å²) in [6.45, 7) is 6.24. The Morgan fingerprint density at radius 2 is 1.78 bits per heavy atom. The first-order chi connectivity index (χ1) is 10.8. The highest BCUT2D eigenvalue weighted by molar-refractivity contribution is 6.02. The number of amides is 1. The molecule has 0 spiro atoms. The number of benzene rings is 1. The van der Waals surface area contributed by atoms with Crippen LogP contribution in [0, 0.1) is 0 Å². The fourth-order valence-corrected chi connectivity index (χ4v) is 1.98. The molecule has 1 aromatic carbocycles. The molecule has 5 nitrogen and oxygen atoms in total. The highest BCUT2D eigenvalue weighted by atomic mass is 16.4. The van der Waals surface area contributed by atoms with Crippen LogP contribution in [0.15, 0.2) is 52.8 Å². The second-order valence-electron chi connectivity index (χ2n) is 6.16. The summed E-state index contributed by atoms with van der Waals surface area (Å²) in [5.74, 6) is -1.36. The van der Waals surface area contributed by atoms with Crippen molar-refractivity contribution >= 4 is 18.0 Å². The van der Waals surface area contributed by atoms with E-state index in [0.29, 0.717) is 11.3 Å². The van der Waals surface area contributed by atoms with Gasteiger partial charge in [-0.15, -0.1) is 0 Å². The van der Waals surface area contributed by atoms with E-state index in [2.05, 4.69) is 26.1 Å². The quantitative estimate of drug-likeness (QED) is 0.848. The Hall–Kier alpha value is -2.82. The van der Waals surface area contributed by atoms with Gasteiger partial charge in [0.15, 0.2) is 0 Å². The standard InChI is InChI=1S/C18H19NO4/c1-18(2,3)13-8-6-12(7-9-13)16(20)19-15(17(21)22)11-14-5-4-10-23-14/h4-11H,1-3H3,(H,19,20)(H,21,22)/b15-11+. The summed E-state index contributed by atoms with van der Waals surface area (Å²) >= 11 is 0. The monoisotopic (exact) mass is 313 g/mol. The van der Waals surface area contributed by atoms with Gasteiger partial charge in [0.1, 0.15) is 11.5 Å². The van der Waals surface area contributed by atoms with Crippen molar-refractivity contribution in [3.05, 3.63) is 65.2 Å². The maximum atomic E-state index is 12.2. The lowest BCUT2D eigenvalue weighted by molar-refractivity contribution is -0.132. The zero-order valence-corrected chi connectivity index (χ0v) is 13.3. The Bertz CT molecular complexity index is 719. The molecule has 0 saturated carbocycles. The molecular weight excluding hydrogens is 294 g/mol. The first-order valence-corrected chi connectivity index (χ1v) is 7.18. The molecule has 1 amide bonds. The molecule has 0 fully saturated rings. The molecule has 23 heavy (non-hydrogen) atoms. The van der Waals surface area contributed by atoms with Gasteiger partial charge in [0, 0.05) is 11.6 Å². The van der Waals surface area contributed by atoms with Crippen molar-refractivity contribution in [1.29, 1.82) is 0 Å². The number of carbonyl (C=O) groups is 2. The van der Waals surface area contributed by atoms with Crippen LogP contribution in [0.3, 0.4) is 0 Å². The van der Waals surface area contributed by atoms with E-state index in [1.165, 1.54) is 12.3 Å². The molecule has 0 aliphatic carbocycles. The van der Waals surface area contributed by atoms with Crippen molar-refractivity contribution in [2.45, 2.75) is 26.2 Å². The number of aliphatic carboxylic acids is 1. The number of carboxylic acids is 1. The molecule has 1 aromatic heterocycles. The molecule has 2 aromatic rings. The molecule has 0 radical (unpaired) electrons. The van der Waals surface area contributed by atoms with Crippen LogP contribution < -0.4 is 5.32 Å². The lowest BCUT2D eigenvalue weighted by atomic mass is 9.87. The molecule has 0 bridgehead atoms. The van der Waals surface area contributed by atoms with Crippen molar-refractivity contribution in [1.82, 2.24) is 5.32 Å². The number of carboxylic acid groups (broad SMARTS) is 1. The van der Waals surface area contributed by atoms with Crippen LogP contribution in [0.4, 0.5) is 0 Å². The van der Waals surface area contributed by atoms with Crippen molar-refractivity contribution < 1.29 is 19.1 Å². The molecule has 120 valence electrons. The second-order valence-corrected chi connectivity index (χ2v) is 6.16. The van der Waals surface area contributed by atoms with Gasteiger partial charge >= 0.3 is 5.97 Å². The summed E-state index contributed by atoms with van der Waals surface area (Å²) in [6, 6.07) is 10.3. The lowest BCUT2D eigenvalue weighted by Gasteiger charge is -2.19. The normalized spacial score (nSPS) is 12.0. The van der Waals surface area contributed by atoms with Gasteiger partial charge in [0.25, 0.3) is 5.91 Å². The first-order valence-electron chi connectivity index (χ1n) is 7.18. The predicted molar refractivity (Wildman–Crippen MR) is 86.9 cm³/mol. The van der Waals surface area contributed by atoms with E-state index in [0.717, 1.165) is 5.56 Å². The van der Waals surface area contributed by atoms with Gasteiger partial charge in [-0.2, -0.15) is 0 Å². The van der Waals surface area contributed by atoms with Crippen LogP contribution in [-0.4, -0.2) is 17.0 Å². The Kier molecular flexibility index (Phi) is 4.69. The third kappa shape index (κ3) is 4.32. The van der Waals surface area contributed by atoms with E-state index in [1.807, 2.05) is 12.1 Å². The third-order valence-corrected chi connectivity index (χ3v) is 3.32. The van der Waals surface area contributed by atoms with Crippen molar-refractivity contribution in [2.75, 3.05) is 0 Å². The molecule has 2 rings (SSSR count). The summed E-state index contributed by atoms with van der Waals surface area (Å²) in [5, 5.41) is 11.6. The predicted octanol–water partition coefficient (Wildman–Crippen LogP) is 3.43. The molecule has 0 unspecified atom stereocenters. The minimum atomic E-state index is -1.24. The zero-order valence-electron chi connectivity index (χ0n) is 13.3. The van der Waals surface area contributed by atoms with Gasteiger partial charge in [-0.25, -0.2) is 4.79 Å². The highest BCUT2D eigenvalue weighted by Crippen LogP contribution is 2.22. The number of hydrogen-bond acceptors (Lipinski definition) is 3. The molecule has 2 N–H and O–H groups in total. The van der Waals surface area contributed by atoms with Gasteiger partial charge in [-0.05, 0) is 35.2 Å². The van der Waals surface area contributed by atoms with E-state index in [4.69, 9.17) is 4.42 Å². The fourth-order valence-electron chi connectivity index (χ4n) is 1.98. The summed E-state index contributed by atoms with van der Waals surface area (Å²) < 4.78 is 5.06. The molecule has 1 heterocycles. The molecule has 0 saturated heterocycles. The van der Waals surface area contributed by atoms with E-state index < -0.39 is 11.9 Å². The zero-order chi connectivity index (χ0) is 17.0. The second kappa shape index (κ2) is 6.52. The van der Waals surface area contributed by atoms with Crippen LogP contribution in [0.5, 0.6) is 0 Å². The maximum absolute atomic E-state index is 12.2. The van der Waals surface area contributed by atoms with Crippen LogP contribution in [0.1, 0.15) is 42.5 Å². The Morgan fingerprint density at radius 3 is 2.26 bits per heavy atom. The average molecular weight is 313 g/mol. The number of furan rings is 1. The topological polar surface area (TPSA) is 79.5 Å². The molecule has 0 aliphatic heterocycles. The lowest BCUT2D eigenvalue weighted by Crippen LogP contribution is -2.27. The summed E-state index contributed by atoms with van der Waals surface area (Å²) in [5.41, 5.74) is 1.23. The van der Waals surface area contributed by atoms with Crippen molar-refractivity contribution in [2.24, 2.45) is 0 Å². The first kappa shape index (κ1) is 16.5. The Morgan fingerprint density at radius 1 is 1.13 bits per heavy atom. The smallest absolute Gasteiger partial charge is 0.352 e. The van der Waals surface area contributed by atoms with E-state index in [9.17, 15) is 14.7 Å². The molecule has 0 aliphatic rings. The molecular formula is C18H19NO4. The van der Waals surface area contributed by atoms with Crippen LogP contribution >= 0.6 is 0 Å². The highest BCUT2D eigenvalue weighted by Gasteiger charge is 2.16. The summed E-state index contributed by atoms with van der Waals surface area (Å²) in [6.07, 6.45) is 2.70. The molecule has 0 atom stereocenters. The van der Waals surface area contributed by atoms with Gasteiger partial charge < -0.3 is 14.8 Å². The average Bonchev–Trinajstić information content (AvgIpc) is 2.98. The minimum Gasteiger partial charge on any atom is -0.477 e. The van der Waals surface area contributed by atoms with Gasteiger partial charge in [0.2, 0.25) is 0 Å². The Balaban J connectivity index is 2.18. The van der Waals surface area contributed by atoms with Crippen LogP contribution in [-0.2, 0) is 10.2 Å². The number of hydrogen-bond donors (Lipinski definition) is 2. The number of nitrogens with one attached hydrogen (secondary N) is 1. The van der Waals surface area contributed by atoms with E-state index in [1.54, 1.807) is 24.3 Å². The maximum Gasteiger partial charge on any atom is 0.352 e. The minimum absolute atomic E-state index is 0.0135. The fraction of sp³-hybridized carbons (Fsp3) is 0.222. The van der Waals surface area contributed by atoms with Gasteiger partial charge in [-0.3, -0.25) is 4.79 Å². The largest absolute Gasteiger partial charge is 0.477 e. The summed E-state index contributed by atoms with van der Waals surface area (Å²) in [7, 11) is 0. The third-order valence-electron chi connectivity index (χ3n) is 3.32.